The predicted molar refractivity (Wildman–Crippen MR) is 127 cm³/mol. The SMILES string of the molecule is CCNC(=NCC1(c2cccc(Cl)c2)CC1)NCCN1CCS(=O)(=O)CC1.I. The standard InChI is InChI=1S/C19H29ClN4O2S.HI/c1-2-21-18(22-8-9-24-10-12-27(25,26)13-11-24)23-15-19(6-7-19)16-4-3-5-17(20)14-16;/h3-5,14H,2,6-13,15H2,1H3,(H2,21,22,23);1H. The lowest BCUT2D eigenvalue weighted by molar-refractivity contribution is 0.299. The minimum absolute atomic E-state index is 0. The van der Waals surface area contributed by atoms with Crippen LogP contribution in [0.1, 0.15) is 25.3 Å². The van der Waals surface area contributed by atoms with Crippen LogP contribution in [-0.2, 0) is 15.3 Å². The summed E-state index contributed by atoms with van der Waals surface area (Å²) in [5.74, 6) is 1.35. The van der Waals surface area contributed by atoms with Gasteiger partial charge in [0.2, 0.25) is 0 Å². The smallest absolute Gasteiger partial charge is 0.191 e. The van der Waals surface area contributed by atoms with Crippen molar-refractivity contribution < 1.29 is 8.42 Å². The van der Waals surface area contributed by atoms with Crippen molar-refractivity contribution in [1.82, 2.24) is 15.5 Å². The van der Waals surface area contributed by atoms with Gasteiger partial charge in [-0.3, -0.25) is 9.89 Å². The first-order valence-corrected chi connectivity index (χ1v) is 11.8. The zero-order valence-corrected chi connectivity index (χ0v) is 20.2. The van der Waals surface area contributed by atoms with Crippen LogP contribution in [0.3, 0.4) is 0 Å². The highest BCUT2D eigenvalue weighted by Crippen LogP contribution is 2.48. The number of hydrogen-bond acceptors (Lipinski definition) is 4. The van der Waals surface area contributed by atoms with Gasteiger partial charge in [0.05, 0.1) is 18.1 Å². The number of rotatable bonds is 7. The Morgan fingerprint density at radius 1 is 1.25 bits per heavy atom. The molecule has 0 radical (unpaired) electrons. The van der Waals surface area contributed by atoms with E-state index in [1.165, 1.54) is 5.56 Å². The molecule has 158 valence electrons. The first-order chi connectivity index (χ1) is 12.9. The molecule has 1 aliphatic carbocycles. The van der Waals surface area contributed by atoms with Gasteiger partial charge in [-0.2, -0.15) is 0 Å². The van der Waals surface area contributed by atoms with Crippen molar-refractivity contribution in [2.45, 2.75) is 25.2 Å². The molecule has 1 saturated carbocycles. The fraction of sp³-hybridized carbons (Fsp3) is 0.632. The molecule has 1 heterocycles. The lowest BCUT2D eigenvalue weighted by Crippen LogP contribution is -2.46. The molecule has 1 aromatic carbocycles. The second kappa shape index (κ2) is 10.4. The molecule has 9 heteroatoms. The minimum Gasteiger partial charge on any atom is -0.357 e. The van der Waals surface area contributed by atoms with Gasteiger partial charge in [0.25, 0.3) is 0 Å². The van der Waals surface area contributed by atoms with Crippen molar-refractivity contribution >= 4 is 51.4 Å². The molecule has 2 N–H and O–H groups in total. The molecule has 2 aliphatic rings. The number of nitrogens with one attached hydrogen (secondary N) is 2. The van der Waals surface area contributed by atoms with Crippen molar-refractivity contribution in [3.8, 4) is 0 Å². The summed E-state index contributed by atoms with van der Waals surface area (Å²) in [5, 5.41) is 7.44. The second-order valence-electron chi connectivity index (χ2n) is 7.41. The number of guanidine groups is 1. The second-order valence-corrected chi connectivity index (χ2v) is 10.1. The van der Waals surface area contributed by atoms with Crippen LogP contribution >= 0.6 is 35.6 Å². The highest BCUT2D eigenvalue weighted by atomic mass is 127. The van der Waals surface area contributed by atoms with Gasteiger partial charge in [-0.25, -0.2) is 8.42 Å². The van der Waals surface area contributed by atoms with Crippen LogP contribution < -0.4 is 10.6 Å². The zero-order valence-electron chi connectivity index (χ0n) is 16.3. The quantitative estimate of drug-likeness (QED) is 0.315. The first-order valence-electron chi connectivity index (χ1n) is 9.63. The summed E-state index contributed by atoms with van der Waals surface area (Å²) >= 11 is 6.15. The van der Waals surface area contributed by atoms with Crippen molar-refractivity contribution in [3.05, 3.63) is 34.9 Å². The molecular weight excluding hydrogens is 511 g/mol. The van der Waals surface area contributed by atoms with Gasteiger partial charge in [0.15, 0.2) is 15.8 Å². The summed E-state index contributed by atoms with van der Waals surface area (Å²) in [6.07, 6.45) is 2.27. The molecular formula is C19H30ClIN4O2S. The molecule has 28 heavy (non-hydrogen) atoms. The van der Waals surface area contributed by atoms with Crippen molar-refractivity contribution in [2.75, 3.05) is 50.8 Å². The first kappa shape index (κ1) is 23.7. The summed E-state index contributed by atoms with van der Waals surface area (Å²) in [6, 6.07) is 8.10. The van der Waals surface area contributed by atoms with Crippen LogP contribution in [0.25, 0.3) is 0 Å². The lowest BCUT2D eigenvalue weighted by atomic mass is 9.96. The Morgan fingerprint density at radius 2 is 1.96 bits per heavy atom. The van der Waals surface area contributed by atoms with Crippen LogP contribution in [0.2, 0.25) is 5.02 Å². The molecule has 0 unspecified atom stereocenters. The minimum atomic E-state index is -2.82. The van der Waals surface area contributed by atoms with Crippen molar-refractivity contribution in [2.24, 2.45) is 4.99 Å². The van der Waals surface area contributed by atoms with Crippen LogP contribution in [-0.4, -0.2) is 70.1 Å². The molecule has 0 amide bonds. The number of sulfone groups is 1. The van der Waals surface area contributed by atoms with Gasteiger partial charge in [0.1, 0.15) is 0 Å². The number of nitrogens with zero attached hydrogens (tertiary/aromatic N) is 2. The highest BCUT2D eigenvalue weighted by molar-refractivity contribution is 14.0. The van der Waals surface area contributed by atoms with E-state index in [4.69, 9.17) is 16.6 Å². The van der Waals surface area contributed by atoms with E-state index in [0.29, 0.717) is 13.1 Å². The third-order valence-electron chi connectivity index (χ3n) is 5.33. The average Bonchev–Trinajstić information content (AvgIpc) is 3.42. The topological polar surface area (TPSA) is 73.8 Å². The van der Waals surface area contributed by atoms with E-state index >= 15 is 0 Å². The Bertz CT molecular complexity index is 770. The Kier molecular flexibility index (Phi) is 8.84. The molecule has 3 rings (SSSR count). The molecule has 1 saturated heterocycles. The van der Waals surface area contributed by atoms with E-state index < -0.39 is 9.84 Å². The van der Waals surface area contributed by atoms with Gasteiger partial charge in [-0.15, -0.1) is 24.0 Å². The molecule has 0 atom stereocenters. The zero-order chi connectivity index (χ0) is 19.3. The third kappa shape index (κ3) is 6.74. The largest absolute Gasteiger partial charge is 0.357 e. The van der Waals surface area contributed by atoms with Gasteiger partial charge in [0, 0.05) is 43.2 Å². The number of benzene rings is 1. The highest BCUT2D eigenvalue weighted by Gasteiger charge is 2.44. The summed E-state index contributed by atoms with van der Waals surface area (Å²) in [5.41, 5.74) is 1.39. The van der Waals surface area contributed by atoms with E-state index in [1.54, 1.807) is 0 Å². The molecule has 0 spiro atoms. The molecule has 0 aromatic heterocycles. The van der Waals surface area contributed by atoms with Crippen LogP contribution in [0, 0.1) is 0 Å². The molecule has 6 nitrogen and oxygen atoms in total. The van der Waals surface area contributed by atoms with E-state index in [2.05, 4.69) is 34.6 Å². The summed E-state index contributed by atoms with van der Waals surface area (Å²) in [6.45, 7) is 6.40. The Balaban J connectivity index is 0.00000280. The van der Waals surface area contributed by atoms with Gasteiger partial charge in [-0.05, 0) is 37.5 Å². The van der Waals surface area contributed by atoms with E-state index in [-0.39, 0.29) is 40.9 Å². The summed E-state index contributed by atoms with van der Waals surface area (Å²) < 4.78 is 23.0. The van der Waals surface area contributed by atoms with Crippen LogP contribution in [0.5, 0.6) is 0 Å². The van der Waals surface area contributed by atoms with Crippen LogP contribution in [0.4, 0.5) is 0 Å². The fourth-order valence-electron chi connectivity index (χ4n) is 3.39. The molecule has 2 fully saturated rings. The number of hydrogen-bond donors (Lipinski definition) is 2. The monoisotopic (exact) mass is 540 g/mol. The Labute approximate surface area is 190 Å². The molecule has 0 bridgehead atoms. The van der Waals surface area contributed by atoms with Crippen LogP contribution in [0.15, 0.2) is 29.3 Å². The number of aliphatic imine (C=N–C) groups is 1. The Morgan fingerprint density at radius 3 is 2.57 bits per heavy atom. The predicted octanol–water partition coefficient (Wildman–Crippen LogP) is 2.28. The van der Waals surface area contributed by atoms with E-state index in [9.17, 15) is 8.42 Å². The van der Waals surface area contributed by atoms with E-state index in [1.807, 2.05) is 12.1 Å². The van der Waals surface area contributed by atoms with E-state index in [0.717, 1.165) is 50.0 Å². The van der Waals surface area contributed by atoms with Crippen molar-refractivity contribution in [3.63, 3.8) is 0 Å². The maximum Gasteiger partial charge on any atom is 0.191 e. The maximum absolute atomic E-state index is 11.5. The average molecular weight is 541 g/mol. The van der Waals surface area contributed by atoms with Gasteiger partial charge < -0.3 is 10.6 Å². The third-order valence-corrected chi connectivity index (χ3v) is 7.18. The van der Waals surface area contributed by atoms with Gasteiger partial charge >= 0.3 is 0 Å². The number of halogens is 2. The Hall–Kier alpha value is -0.580. The van der Waals surface area contributed by atoms with Gasteiger partial charge in [-0.1, -0.05) is 23.7 Å². The summed E-state index contributed by atoms with van der Waals surface area (Å²) in [4.78, 5) is 6.98. The lowest BCUT2D eigenvalue weighted by Gasteiger charge is -2.26. The van der Waals surface area contributed by atoms with Crippen molar-refractivity contribution in [1.29, 1.82) is 0 Å². The molecule has 1 aromatic rings. The normalized spacial score (nSPS) is 20.9. The maximum atomic E-state index is 11.5. The molecule has 1 aliphatic heterocycles. The summed E-state index contributed by atoms with van der Waals surface area (Å²) in [7, 11) is -2.82. The fourth-order valence-corrected chi connectivity index (χ4v) is 4.85.